The van der Waals surface area contributed by atoms with E-state index in [2.05, 4.69) is 0 Å². The van der Waals surface area contributed by atoms with Crippen molar-refractivity contribution in [2.45, 2.75) is 18.9 Å². The Bertz CT molecular complexity index is 670. The molecule has 2 aromatic rings. The minimum atomic E-state index is -0.506. The number of halogens is 3. The fourth-order valence-corrected chi connectivity index (χ4v) is 2.89. The second kappa shape index (κ2) is 5.62. The highest BCUT2D eigenvalue weighted by Gasteiger charge is 2.25. The van der Waals surface area contributed by atoms with Gasteiger partial charge in [0.2, 0.25) is 0 Å². The SMILES string of the molecule is NC[C@H]1CCc2cc(F)cc(-c3c(F)cccc3Cl)c2O1. The molecule has 0 amide bonds. The van der Waals surface area contributed by atoms with E-state index in [-0.39, 0.29) is 16.7 Å². The zero-order valence-corrected chi connectivity index (χ0v) is 12.0. The first kappa shape index (κ1) is 14.3. The monoisotopic (exact) mass is 309 g/mol. The summed E-state index contributed by atoms with van der Waals surface area (Å²) in [6, 6.07) is 7.04. The highest BCUT2D eigenvalue weighted by molar-refractivity contribution is 6.33. The third kappa shape index (κ3) is 2.61. The van der Waals surface area contributed by atoms with Crippen molar-refractivity contribution in [1.82, 2.24) is 0 Å². The molecule has 2 nitrogen and oxygen atoms in total. The van der Waals surface area contributed by atoms with Crippen LogP contribution in [-0.4, -0.2) is 12.6 Å². The van der Waals surface area contributed by atoms with Crippen LogP contribution in [-0.2, 0) is 6.42 Å². The van der Waals surface area contributed by atoms with E-state index >= 15 is 0 Å². The predicted molar refractivity (Wildman–Crippen MR) is 78.6 cm³/mol. The van der Waals surface area contributed by atoms with Gasteiger partial charge in [0.15, 0.2) is 0 Å². The lowest BCUT2D eigenvalue weighted by Crippen LogP contribution is -2.30. The molecular formula is C16H14ClF2NO. The van der Waals surface area contributed by atoms with Gasteiger partial charge in [0.05, 0.1) is 5.02 Å². The lowest BCUT2D eigenvalue weighted by Gasteiger charge is -2.27. The van der Waals surface area contributed by atoms with Crippen LogP contribution >= 0.6 is 11.6 Å². The van der Waals surface area contributed by atoms with Crippen molar-refractivity contribution >= 4 is 11.6 Å². The number of fused-ring (bicyclic) bond motifs is 1. The number of ether oxygens (including phenoxy) is 1. The van der Waals surface area contributed by atoms with Gasteiger partial charge in [0.1, 0.15) is 23.5 Å². The van der Waals surface area contributed by atoms with Crippen LogP contribution in [0.2, 0.25) is 5.02 Å². The summed E-state index contributed by atoms with van der Waals surface area (Å²) in [5.74, 6) is -0.461. The maximum atomic E-state index is 14.1. The summed E-state index contributed by atoms with van der Waals surface area (Å²) in [4.78, 5) is 0. The minimum absolute atomic E-state index is 0.146. The van der Waals surface area contributed by atoms with Gasteiger partial charge < -0.3 is 10.5 Å². The summed E-state index contributed by atoms with van der Waals surface area (Å²) < 4.78 is 33.8. The van der Waals surface area contributed by atoms with Crippen LogP contribution in [0.25, 0.3) is 11.1 Å². The molecule has 3 rings (SSSR count). The minimum Gasteiger partial charge on any atom is -0.488 e. The van der Waals surface area contributed by atoms with Crippen molar-refractivity contribution < 1.29 is 13.5 Å². The van der Waals surface area contributed by atoms with Crippen LogP contribution in [0.15, 0.2) is 30.3 Å². The number of aryl methyl sites for hydroxylation is 1. The van der Waals surface area contributed by atoms with Crippen LogP contribution in [0.3, 0.4) is 0 Å². The van der Waals surface area contributed by atoms with Crippen molar-refractivity contribution in [3.05, 3.63) is 52.6 Å². The van der Waals surface area contributed by atoms with E-state index in [0.29, 0.717) is 29.8 Å². The molecule has 1 aliphatic rings. The average molecular weight is 310 g/mol. The quantitative estimate of drug-likeness (QED) is 0.912. The van der Waals surface area contributed by atoms with Gasteiger partial charge in [-0.05, 0) is 42.7 Å². The lowest BCUT2D eigenvalue weighted by molar-refractivity contribution is 0.182. The molecule has 0 bridgehead atoms. The van der Waals surface area contributed by atoms with E-state index in [1.807, 2.05) is 0 Å². The standard InChI is InChI=1S/C16H14ClF2NO/c17-13-2-1-3-14(19)15(13)12-7-10(18)6-9-4-5-11(8-20)21-16(9)12/h1-3,6-7,11H,4-5,8,20H2/t11-/m1/s1. The van der Waals surface area contributed by atoms with E-state index in [1.165, 1.54) is 24.3 Å². The maximum absolute atomic E-state index is 14.1. The molecule has 0 saturated carbocycles. The van der Waals surface area contributed by atoms with Gasteiger partial charge in [0, 0.05) is 17.7 Å². The van der Waals surface area contributed by atoms with Crippen molar-refractivity contribution in [3.63, 3.8) is 0 Å². The zero-order chi connectivity index (χ0) is 15.0. The molecule has 1 atom stereocenters. The molecular weight excluding hydrogens is 296 g/mol. The predicted octanol–water partition coefficient (Wildman–Crippen LogP) is 3.94. The Balaban J connectivity index is 2.21. The normalized spacial score (nSPS) is 17.2. The van der Waals surface area contributed by atoms with E-state index in [4.69, 9.17) is 22.1 Å². The van der Waals surface area contributed by atoms with Crippen LogP contribution in [0.1, 0.15) is 12.0 Å². The number of nitrogens with two attached hydrogens (primary N) is 1. The summed E-state index contributed by atoms with van der Waals surface area (Å²) in [5.41, 5.74) is 6.86. The molecule has 2 N–H and O–H groups in total. The molecule has 21 heavy (non-hydrogen) atoms. The molecule has 5 heteroatoms. The Morgan fingerprint density at radius 1 is 1.29 bits per heavy atom. The maximum Gasteiger partial charge on any atom is 0.132 e. The Labute approximate surface area is 126 Å². The van der Waals surface area contributed by atoms with E-state index < -0.39 is 11.6 Å². The largest absolute Gasteiger partial charge is 0.488 e. The van der Waals surface area contributed by atoms with Gasteiger partial charge in [-0.3, -0.25) is 0 Å². The Hall–Kier alpha value is -1.65. The molecule has 0 unspecified atom stereocenters. The van der Waals surface area contributed by atoms with Crippen LogP contribution in [0.5, 0.6) is 5.75 Å². The van der Waals surface area contributed by atoms with Crippen LogP contribution < -0.4 is 10.5 Å². The molecule has 0 spiro atoms. The molecule has 2 aromatic carbocycles. The lowest BCUT2D eigenvalue weighted by atomic mass is 9.95. The summed E-state index contributed by atoms with van der Waals surface area (Å²) in [7, 11) is 0. The van der Waals surface area contributed by atoms with Gasteiger partial charge in [-0.1, -0.05) is 17.7 Å². The molecule has 1 heterocycles. The first-order valence-corrected chi connectivity index (χ1v) is 7.11. The highest BCUT2D eigenvalue weighted by Crippen LogP contribution is 2.42. The summed E-state index contributed by atoms with van der Waals surface area (Å²) in [5, 5.41) is 0.223. The number of rotatable bonds is 2. The molecule has 0 fully saturated rings. The first-order valence-electron chi connectivity index (χ1n) is 6.73. The first-order chi connectivity index (χ1) is 10.1. The van der Waals surface area contributed by atoms with E-state index in [9.17, 15) is 8.78 Å². The van der Waals surface area contributed by atoms with Crippen LogP contribution in [0, 0.1) is 11.6 Å². The third-order valence-corrected chi connectivity index (χ3v) is 3.96. The highest BCUT2D eigenvalue weighted by atomic mass is 35.5. The molecule has 0 radical (unpaired) electrons. The Kier molecular flexibility index (Phi) is 3.83. The molecule has 1 aliphatic heterocycles. The Morgan fingerprint density at radius 3 is 2.81 bits per heavy atom. The van der Waals surface area contributed by atoms with Crippen molar-refractivity contribution in [2.24, 2.45) is 5.73 Å². The fourth-order valence-electron chi connectivity index (χ4n) is 2.62. The topological polar surface area (TPSA) is 35.2 Å². The smallest absolute Gasteiger partial charge is 0.132 e. The molecule has 0 aliphatic carbocycles. The van der Waals surface area contributed by atoms with Crippen LogP contribution in [0.4, 0.5) is 8.78 Å². The van der Waals surface area contributed by atoms with Crippen molar-refractivity contribution in [1.29, 1.82) is 0 Å². The second-order valence-corrected chi connectivity index (χ2v) is 5.46. The number of hydrogen-bond acceptors (Lipinski definition) is 2. The number of hydrogen-bond donors (Lipinski definition) is 1. The summed E-state index contributed by atoms with van der Waals surface area (Å²) >= 11 is 6.09. The summed E-state index contributed by atoms with van der Waals surface area (Å²) in [6.07, 6.45) is 1.22. The molecule has 0 saturated heterocycles. The zero-order valence-electron chi connectivity index (χ0n) is 11.2. The fraction of sp³-hybridized carbons (Fsp3) is 0.250. The summed E-state index contributed by atoms with van der Waals surface area (Å²) in [6.45, 7) is 0.362. The van der Waals surface area contributed by atoms with E-state index in [0.717, 1.165) is 6.42 Å². The second-order valence-electron chi connectivity index (χ2n) is 5.05. The van der Waals surface area contributed by atoms with E-state index in [1.54, 1.807) is 6.07 Å². The Morgan fingerprint density at radius 2 is 2.10 bits per heavy atom. The van der Waals surface area contributed by atoms with Gasteiger partial charge in [-0.2, -0.15) is 0 Å². The average Bonchev–Trinajstić information content (AvgIpc) is 2.46. The number of benzene rings is 2. The third-order valence-electron chi connectivity index (χ3n) is 3.65. The molecule has 110 valence electrons. The van der Waals surface area contributed by atoms with Crippen molar-refractivity contribution in [2.75, 3.05) is 6.54 Å². The van der Waals surface area contributed by atoms with Gasteiger partial charge in [0.25, 0.3) is 0 Å². The van der Waals surface area contributed by atoms with Gasteiger partial charge in [-0.25, -0.2) is 8.78 Å². The van der Waals surface area contributed by atoms with Crippen molar-refractivity contribution in [3.8, 4) is 16.9 Å². The molecule has 0 aromatic heterocycles. The van der Waals surface area contributed by atoms with Gasteiger partial charge >= 0.3 is 0 Å². The van der Waals surface area contributed by atoms with Gasteiger partial charge in [-0.15, -0.1) is 0 Å².